The molecule has 0 atom stereocenters. The molecule has 0 aromatic carbocycles. The van der Waals surface area contributed by atoms with Crippen LogP contribution in [0.5, 0.6) is 0 Å². The Balaban J connectivity index is 0. The zero-order valence-corrected chi connectivity index (χ0v) is 15.9. The summed E-state index contributed by atoms with van der Waals surface area (Å²) in [6.07, 6.45) is 15.1. The average Bonchev–Trinajstić information content (AvgIpc) is 2.35. The number of methoxy groups -OCH3 is 1. The monoisotopic (exact) mass is 281 g/mol. The summed E-state index contributed by atoms with van der Waals surface area (Å²) < 4.78 is 4.60. The molecule has 0 amide bonds. The Morgan fingerprint density at radius 2 is 1.17 bits per heavy atom. The minimum atomic E-state index is -0.0686. The molecule has 2 nitrogen and oxygen atoms in total. The number of carbonyl (C=O) groups is 1. The Morgan fingerprint density at radius 1 is 0.778 bits per heavy atom. The maximum atomic E-state index is 10.8. The molecule has 18 heavy (non-hydrogen) atoms. The van der Waals surface area contributed by atoms with Gasteiger partial charge in [0, 0.05) is 57.8 Å². The smallest absolute Gasteiger partial charge is 0.305 e. The summed E-state index contributed by atoms with van der Waals surface area (Å²) in [6, 6.07) is 0. The molecule has 0 aliphatic carbocycles. The van der Waals surface area contributed by atoms with E-state index in [1.165, 1.54) is 71.3 Å². The van der Waals surface area contributed by atoms with E-state index < -0.39 is 0 Å². The number of hydrogen-bond acceptors (Lipinski definition) is 2. The fourth-order valence-corrected chi connectivity index (χ4v) is 2.04. The van der Waals surface area contributed by atoms with Gasteiger partial charge in [-0.1, -0.05) is 71.1 Å². The summed E-state index contributed by atoms with van der Waals surface area (Å²) in [6.45, 7) is 2.26. The summed E-state index contributed by atoms with van der Waals surface area (Å²) in [5.41, 5.74) is 0. The fourth-order valence-electron chi connectivity index (χ4n) is 2.04. The van der Waals surface area contributed by atoms with E-state index in [4.69, 9.17) is 0 Å². The molecule has 0 bridgehead atoms. The van der Waals surface area contributed by atoms with E-state index in [2.05, 4.69) is 11.7 Å². The van der Waals surface area contributed by atoms with Crippen LogP contribution in [0, 0.1) is 0 Å². The van der Waals surface area contributed by atoms with Crippen LogP contribution in [0.2, 0.25) is 0 Å². The molecule has 0 heterocycles. The molecule has 0 saturated heterocycles. The molecule has 0 aliphatic rings. The van der Waals surface area contributed by atoms with Gasteiger partial charge in [-0.3, -0.25) is 4.79 Å². The molecule has 1 radical (unpaired) electrons. The van der Waals surface area contributed by atoms with E-state index >= 15 is 0 Å². The van der Waals surface area contributed by atoms with Gasteiger partial charge in [0.2, 0.25) is 0 Å². The summed E-state index contributed by atoms with van der Waals surface area (Å²) in [4.78, 5) is 10.8. The predicted molar refractivity (Wildman–Crippen MR) is 78.8 cm³/mol. The molecule has 0 unspecified atom stereocenters. The largest absolute Gasteiger partial charge is 0.469 e. The molecule has 0 saturated carbocycles. The number of unbranched alkanes of at least 4 members (excludes halogenated alkanes) is 10. The summed E-state index contributed by atoms with van der Waals surface area (Å²) in [7, 11) is 1.46. The predicted octanol–water partition coefficient (Wildman–Crippen LogP) is 4.48. The van der Waals surface area contributed by atoms with Crippen molar-refractivity contribution in [1.82, 2.24) is 0 Å². The Hall–Kier alpha value is 1.11. The van der Waals surface area contributed by atoms with E-state index in [0.717, 1.165) is 6.42 Å². The molecule has 103 valence electrons. The number of carbonyl (C=O) groups excluding carboxylic acids is 1. The van der Waals surface area contributed by atoms with Crippen molar-refractivity contribution in [1.29, 1.82) is 0 Å². The van der Waals surface area contributed by atoms with Crippen molar-refractivity contribution in [2.75, 3.05) is 7.11 Å². The van der Waals surface area contributed by atoms with Crippen LogP contribution in [0.4, 0.5) is 0 Å². The third kappa shape index (κ3) is 17.1. The van der Waals surface area contributed by atoms with Crippen molar-refractivity contribution in [2.45, 2.75) is 84.0 Å². The quantitative estimate of drug-likeness (QED) is 0.299. The number of rotatable bonds is 12. The first-order chi connectivity index (χ1) is 8.31. The van der Waals surface area contributed by atoms with Crippen LogP contribution in [-0.4, -0.2) is 64.5 Å². The van der Waals surface area contributed by atoms with E-state index in [-0.39, 0.29) is 57.4 Å². The van der Waals surface area contributed by atoms with Gasteiger partial charge in [0.15, 0.2) is 0 Å². The molecule has 0 spiro atoms. The van der Waals surface area contributed by atoms with Crippen molar-refractivity contribution >= 4 is 57.4 Å². The van der Waals surface area contributed by atoms with Crippen LogP contribution < -0.4 is 0 Å². The Bertz CT molecular complexity index is 172. The fraction of sp³-hybridized carbons (Fsp3) is 0.933. The Labute approximate surface area is 156 Å². The first kappa shape index (κ1) is 21.4. The molecule has 0 N–H and O–H groups in total. The van der Waals surface area contributed by atoms with Crippen LogP contribution in [-0.2, 0) is 9.53 Å². The van der Waals surface area contributed by atoms with E-state index in [0.29, 0.717) is 6.42 Å². The minimum Gasteiger partial charge on any atom is -0.469 e. The second kappa shape index (κ2) is 18.1. The van der Waals surface area contributed by atoms with Crippen LogP contribution in [0.3, 0.4) is 0 Å². The van der Waals surface area contributed by atoms with Gasteiger partial charge in [-0.25, -0.2) is 0 Å². The second-order valence-corrected chi connectivity index (χ2v) is 4.86. The third-order valence-corrected chi connectivity index (χ3v) is 3.21. The first-order valence-corrected chi connectivity index (χ1v) is 7.38. The number of hydrogen-bond donors (Lipinski definition) is 0. The van der Waals surface area contributed by atoms with Gasteiger partial charge < -0.3 is 4.74 Å². The van der Waals surface area contributed by atoms with Gasteiger partial charge in [0.1, 0.15) is 0 Å². The van der Waals surface area contributed by atoms with Crippen LogP contribution in [0.25, 0.3) is 0 Å². The van der Waals surface area contributed by atoms with Crippen molar-refractivity contribution in [2.24, 2.45) is 0 Å². The Morgan fingerprint density at radius 3 is 1.56 bits per heavy atom. The van der Waals surface area contributed by atoms with Crippen molar-refractivity contribution in [3.63, 3.8) is 0 Å². The van der Waals surface area contributed by atoms with Crippen molar-refractivity contribution in [3.8, 4) is 0 Å². The molecule has 0 fully saturated rings. The van der Waals surface area contributed by atoms with Crippen LogP contribution in [0.15, 0.2) is 0 Å². The van der Waals surface area contributed by atoms with Gasteiger partial charge >= 0.3 is 5.97 Å². The van der Waals surface area contributed by atoms with Gasteiger partial charge in [0.05, 0.1) is 7.11 Å². The first-order valence-electron chi connectivity index (χ1n) is 7.38. The maximum Gasteiger partial charge on any atom is 0.305 e. The topological polar surface area (TPSA) is 26.3 Å². The average molecular weight is 282 g/mol. The molecular formula is C15H30KO2. The maximum absolute atomic E-state index is 10.8. The summed E-state index contributed by atoms with van der Waals surface area (Å²) >= 11 is 0. The summed E-state index contributed by atoms with van der Waals surface area (Å²) in [5.74, 6) is -0.0686. The molecule has 3 heteroatoms. The summed E-state index contributed by atoms with van der Waals surface area (Å²) in [5, 5.41) is 0. The van der Waals surface area contributed by atoms with E-state index in [1.807, 2.05) is 0 Å². The van der Waals surface area contributed by atoms with E-state index in [9.17, 15) is 4.79 Å². The second-order valence-electron chi connectivity index (χ2n) is 4.86. The zero-order chi connectivity index (χ0) is 12.8. The molecular weight excluding hydrogens is 251 g/mol. The SMILES string of the molecule is CCCCCCCCCCCCCC(=O)OC.[K]. The number of esters is 1. The molecule has 0 rings (SSSR count). The van der Waals surface area contributed by atoms with Gasteiger partial charge in [-0.2, -0.15) is 0 Å². The molecule has 0 aliphatic heterocycles. The normalized spacial score (nSPS) is 9.89. The number of ether oxygens (including phenoxy) is 1. The van der Waals surface area contributed by atoms with Crippen LogP contribution in [0.1, 0.15) is 84.0 Å². The minimum absolute atomic E-state index is 0. The molecule has 0 aromatic heterocycles. The van der Waals surface area contributed by atoms with Gasteiger partial charge in [-0.15, -0.1) is 0 Å². The standard InChI is InChI=1S/C15H30O2.K/c1-3-4-5-6-7-8-9-10-11-12-13-14-15(16)17-2;/h3-14H2,1-2H3;. The molecule has 0 aromatic rings. The van der Waals surface area contributed by atoms with E-state index in [1.54, 1.807) is 0 Å². The van der Waals surface area contributed by atoms with Gasteiger partial charge in [-0.05, 0) is 6.42 Å². The van der Waals surface area contributed by atoms with Gasteiger partial charge in [0.25, 0.3) is 0 Å². The van der Waals surface area contributed by atoms with Crippen LogP contribution >= 0.6 is 0 Å². The Kier molecular flexibility index (Phi) is 21.5. The van der Waals surface area contributed by atoms with Crippen molar-refractivity contribution < 1.29 is 9.53 Å². The zero-order valence-electron chi connectivity index (χ0n) is 12.8. The van der Waals surface area contributed by atoms with Crippen molar-refractivity contribution in [3.05, 3.63) is 0 Å². The third-order valence-electron chi connectivity index (χ3n) is 3.21.